The molecule has 2 heterocycles. The monoisotopic (exact) mass is 451 g/mol. The van der Waals surface area contributed by atoms with Gasteiger partial charge in [0.25, 0.3) is 17.7 Å². The average molecular weight is 452 g/mol. The number of esters is 1. The van der Waals surface area contributed by atoms with Crippen LogP contribution in [0.2, 0.25) is 0 Å². The summed E-state index contributed by atoms with van der Waals surface area (Å²) in [5.74, 6) is -2.14. The number of thiazole rings is 1. The number of fused-ring (bicyclic) bond motifs is 2. The second-order valence-electron chi connectivity index (χ2n) is 7.43. The molecule has 0 atom stereocenters. The van der Waals surface area contributed by atoms with Crippen molar-refractivity contribution in [1.29, 1.82) is 0 Å². The predicted octanol–water partition coefficient (Wildman–Crippen LogP) is 2.61. The van der Waals surface area contributed by atoms with Crippen molar-refractivity contribution in [2.45, 2.75) is 27.3 Å². The lowest BCUT2D eigenvalue weighted by Crippen LogP contribution is -2.35. The highest BCUT2D eigenvalue weighted by atomic mass is 32.1. The second-order valence-corrected chi connectivity index (χ2v) is 8.44. The summed E-state index contributed by atoms with van der Waals surface area (Å²) in [6, 6.07) is 10.4. The zero-order valence-electron chi connectivity index (χ0n) is 17.9. The quantitative estimate of drug-likeness (QED) is 0.439. The Hall–Kier alpha value is -3.59. The molecule has 1 aliphatic heterocycles. The standard InChI is InChI=1S/C23H21N3O5S/c1-4-31-20(28)12-25-17-9-13(2)14(3)10-18(17)32-23(25)24-19(27)11-26-21(29)15-7-5-6-8-16(15)22(26)30/h5-10H,4,11-12H2,1-3H3. The third kappa shape index (κ3) is 3.87. The Morgan fingerprint density at radius 2 is 1.62 bits per heavy atom. The van der Waals surface area contributed by atoms with Gasteiger partial charge in [0, 0.05) is 0 Å². The molecule has 3 amide bonds. The molecule has 0 saturated carbocycles. The van der Waals surface area contributed by atoms with E-state index in [2.05, 4.69) is 4.99 Å². The van der Waals surface area contributed by atoms with Crippen LogP contribution in [0.3, 0.4) is 0 Å². The highest BCUT2D eigenvalue weighted by Gasteiger charge is 2.36. The van der Waals surface area contributed by atoms with E-state index in [1.54, 1.807) is 35.8 Å². The van der Waals surface area contributed by atoms with Gasteiger partial charge in [-0.3, -0.25) is 24.1 Å². The van der Waals surface area contributed by atoms with E-state index >= 15 is 0 Å². The van der Waals surface area contributed by atoms with Gasteiger partial charge >= 0.3 is 5.97 Å². The van der Waals surface area contributed by atoms with Crippen molar-refractivity contribution >= 4 is 45.2 Å². The highest BCUT2D eigenvalue weighted by Crippen LogP contribution is 2.23. The molecule has 3 aromatic rings. The SMILES string of the molecule is CCOC(=O)Cn1c(=NC(=O)CN2C(=O)c3ccccc3C2=O)sc2cc(C)c(C)cc21. The number of hydrogen-bond acceptors (Lipinski definition) is 6. The molecule has 164 valence electrons. The molecular formula is C23H21N3O5S. The zero-order chi connectivity index (χ0) is 23.0. The Bertz CT molecular complexity index is 1320. The molecule has 0 saturated heterocycles. The van der Waals surface area contributed by atoms with Crippen LogP contribution >= 0.6 is 11.3 Å². The van der Waals surface area contributed by atoms with Gasteiger partial charge in [-0.1, -0.05) is 23.5 Å². The van der Waals surface area contributed by atoms with Crippen LogP contribution in [0.25, 0.3) is 10.2 Å². The van der Waals surface area contributed by atoms with Crippen LogP contribution in [0, 0.1) is 13.8 Å². The fraction of sp³-hybridized carbons (Fsp3) is 0.261. The molecule has 0 N–H and O–H groups in total. The van der Waals surface area contributed by atoms with Crippen LogP contribution in [-0.2, 0) is 20.9 Å². The molecule has 0 aliphatic carbocycles. The normalized spacial score (nSPS) is 13.7. The molecule has 1 aromatic heterocycles. The van der Waals surface area contributed by atoms with Crippen LogP contribution in [0.5, 0.6) is 0 Å². The largest absolute Gasteiger partial charge is 0.465 e. The molecule has 0 bridgehead atoms. The molecule has 0 unspecified atom stereocenters. The lowest BCUT2D eigenvalue weighted by atomic mass is 10.1. The number of aryl methyl sites for hydroxylation is 2. The van der Waals surface area contributed by atoms with E-state index < -0.39 is 30.2 Å². The minimum atomic E-state index is -0.655. The van der Waals surface area contributed by atoms with Crippen LogP contribution < -0.4 is 4.80 Å². The third-order valence-electron chi connectivity index (χ3n) is 5.28. The number of hydrogen-bond donors (Lipinski definition) is 0. The first-order valence-electron chi connectivity index (χ1n) is 10.1. The van der Waals surface area contributed by atoms with E-state index in [0.717, 1.165) is 26.2 Å². The Kier molecular flexibility index (Phi) is 5.75. The molecule has 4 rings (SSSR count). The van der Waals surface area contributed by atoms with Gasteiger partial charge in [0.15, 0.2) is 4.80 Å². The summed E-state index contributed by atoms with van der Waals surface area (Å²) >= 11 is 1.26. The summed E-state index contributed by atoms with van der Waals surface area (Å²) in [4.78, 5) is 55.4. The van der Waals surface area contributed by atoms with Crippen molar-refractivity contribution in [2.75, 3.05) is 13.2 Å². The summed E-state index contributed by atoms with van der Waals surface area (Å²) < 4.78 is 7.57. The van der Waals surface area contributed by atoms with Crippen molar-refractivity contribution in [3.05, 3.63) is 63.5 Å². The first-order valence-corrected chi connectivity index (χ1v) is 10.9. The molecule has 0 spiro atoms. The highest BCUT2D eigenvalue weighted by molar-refractivity contribution is 7.16. The van der Waals surface area contributed by atoms with Gasteiger partial charge in [0.2, 0.25) is 0 Å². The maximum absolute atomic E-state index is 12.7. The number of carbonyl (C=O) groups is 4. The van der Waals surface area contributed by atoms with Crippen molar-refractivity contribution in [3.63, 3.8) is 0 Å². The van der Waals surface area contributed by atoms with Crippen LogP contribution in [0.15, 0.2) is 41.4 Å². The fourth-order valence-electron chi connectivity index (χ4n) is 3.56. The number of imide groups is 1. The summed E-state index contributed by atoms with van der Waals surface area (Å²) in [5, 5.41) is 0. The molecule has 32 heavy (non-hydrogen) atoms. The molecule has 2 aromatic carbocycles. The fourth-order valence-corrected chi connectivity index (χ4v) is 4.68. The maximum Gasteiger partial charge on any atom is 0.326 e. The number of benzene rings is 2. The van der Waals surface area contributed by atoms with Gasteiger partial charge < -0.3 is 9.30 Å². The van der Waals surface area contributed by atoms with Crippen molar-refractivity contribution in [1.82, 2.24) is 9.47 Å². The van der Waals surface area contributed by atoms with Crippen molar-refractivity contribution in [2.24, 2.45) is 4.99 Å². The van der Waals surface area contributed by atoms with Gasteiger partial charge in [0.05, 0.1) is 28.0 Å². The first kappa shape index (κ1) is 21.6. The number of amides is 3. The lowest BCUT2D eigenvalue weighted by Gasteiger charge is -2.10. The van der Waals surface area contributed by atoms with Crippen LogP contribution in [0.1, 0.15) is 38.8 Å². The molecule has 8 nitrogen and oxygen atoms in total. The number of rotatable bonds is 5. The number of ether oxygens (including phenoxy) is 1. The summed E-state index contributed by atoms with van der Waals surface area (Å²) in [5.41, 5.74) is 3.42. The number of carbonyl (C=O) groups excluding carboxylic acids is 4. The van der Waals surface area contributed by atoms with Gasteiger partial charge in [-0.05, 0) is 56.2 Å². The Morgan fingerprint density at radius 1 is 1.00 bits per heavy atom. The second kappa shape index (κ2) is 8.51. The number of aromatic nitrogens is 1. The van der Waals surface area contributed by atoms with Gasteiger partial charge in [-0.2, -0.15) is 4.99 Å². The summed E-state index contributed by atoms with van der Waals surface area (Å²) in [6.07, 6.45) is 0. The van der Waals surface area contributed by atoms with E-state index in [-0.39, 0.29) is 24.3 Å². The maximum atomic E-state index is 12.7. The Morgan fingerprint density at radius 3 is 2.25 bits per heavy atom. The van der Waals surface area contributed by atoms with Crippen molar-refractivity contribution in [3.8, 4) is 0 Å². The molecule has 9 heteroatoms. The van der Waals surface area contributed by atoms with Crippen LogP contribution in [-0.4, -0.2) is 46.3 Å². The summed E-state index contributed by atoms with van der Waals surface area (Å²) in [6.45, 7) is 5.33. The smallest absolute Gasteiger partial charge is 0.326 e. The van der Waals surface area contributed by atoms with Gasteiger partial charge in [-0.15, -0.1) is 0 Å². The van der Waals surface area contributed by atoms with E-state index in [1.165, 1.54) is 11.3 Å². The van der Waals surface area contributed by atoms with E-state index in [4.69, 9.17) is 4.74 Å². The van der Waals surface area contributed by atoms with E-state index in [1.807, 2.05) is 26.0 Å². The van der Waals surface area contributed by atoms with Crippen LogP contribution in [0.4, 0.5) is 0 Å². The lowest BCUT2D eigenvalue weighted by molar-refractivity contribution is -0.143. The summed E-state index contributed by atoms with van der Waals surface area (Å²) in [7, 11) is 0. The number of nitrogens with zero attached hydrogens (tertiary/aromatic N) is 3. The first-order chi connectivity index (χ1) is 15.3. The zero-order valence-corrected chi connectivity index (χ0v) is 18.7. The van der Waals surface area contributed by atoms with Gasteiger partial charge in [-0.25, -0.2) is 0 Å². The average Bonchev–Trinajstić information content (AvgIpc) is 3.18. The Balaban J connectivity index is 1.70. The minimum absolute atomic E-state index is 0.102. The van der Waals surface area contributed by atoms with E-state index in [9.17, 15) is 19.2 Å². The molecule has 0 radical (unpaired) electrons. The minimum Gasteiger partial charge on any atom is -0.465 e. The Labute approximate surface area is 187 Å². The third-order valence-corrected chi connectivity index (χ3v) is 6.32. The topological polar surface area (TPSA) is 98.0 Å². The molecule has 1 aliphatic rings. The van der Waals surface area contributed by atoms with E-state index in [0.29, 0.717) is 4.80 Å². The molecule has 0 fully saturated rings. The molecular weight excluding hydrogens is 430 g/mol. The predicted molar refractivity (Wildman–Crippen MR) is 118 cm³/mol. The van der Waals surface area contributed by atoms with Crippen molar-refractivity contribution < 1.29 is 23.9 Å². The van der Waals surface area contributed by atoms with Gasteiger partial charge in [0.1, 0.15) is 13.1 Å².